The molecule has 1 saturated heterocycles. The predicted octanol–water partition coefficient (Wildman–Crippen LogP) is 4.28. The summed E-state index contributed by atoms with van der Waals surface area (Å²) >= 11 is 6.09. The van der Waals surface area contributed by atoms with E-state index in [9.17, 15) is 15.0 Å². The Morgan fingerprint density at radius 2 is 2.08 bits per heavy atom. The number of halogens is 2. The topological polar surface area (TPSA) is 108 Å². The van der Waals surface area contributed by atoms with E-state index in [1.807, 2.05) is 0 Å². The molecule has 4 aliphatic carbocycles. The number of benzene rings is 1. The van der Waals surface area contributed by atoms with E-state index in [1.54, 1.807) is 24.1 Å². The molecule has 0 spiro atoms. The highest BCUT2D eigenvalue weighted by molar-refractivity contribution is 6.30. The van der Waals surface area contributed by atoms with Crippen molar-refractivity contribution in [3.63, 3.8) is 0 Å². The lowest BCUT2D eigenvalue weighted by Gasteiger charge is -2.43. The maximum atomic E-state index is 15.2. The molecule has 6 unspecified atom stereocenters. The van der Waals surface area contributed by atoms with Gasteiger partial charge in [0.1, 0.15) is 5.82 Å². The van der Waals surface area contributed by atoms with Gasteiger partial charge in [0.05, 0.1) is 16.7 Å². The fraction of sp³-hybridized carbons (Fsp3) is 0.767. The van der Waals surface area contributed by atoms with Crippen LogP contribution in [0.5, 0.6) is 0 Å². The summed E-state index contributed by atoms with van der Waals surface area (Å²) in [5.41, 5.74) is 5.15. The minimum Gasteiger partial charge on any atom is -0.391 e. The standard InChI is InChI=1S/C30H45ClFN3O4/c1-39-11-3-2-9-30(38,23-7-4-8-24(31)27(23)32)21-6-5-10-35(17-21)29(37)34-16-25(33)28(36)26-20-13-18-12-19(15-20)22(26)14-18/h4,7-8,18-22,25-26,28,36,38H,2-3,5-6,9-17,33H2,1H3,(H,34,37)/t18?,19?,20?,21-,22?,25-,26?,28?,30+/m1/s1. The number of aliphatic hydroxyl groups is 2. The SMILES string of the molecule is COCCCC[C@@](O)(c1cccc(Cl)c1F)[C@@H]1CCCN(C(=O)NC[C@@H](N)C(O)C2C3CC4CC(C3)C2C4)C1. The maximum absolute atomic E-state index is 15.2. The molecule has 9 heteroatoms. The smallest absolute Gasteiger partial charge is 0.317 e. The molecule has 9 atom stereocenters. The number of unbranched alkanes of at least 4 members (excludes halogenated alkanes) is 1. The zero-order valence-corrected chi connectivity index (χ0v) is 23.8. The Kier molecular flexibility index (Phi) is 9.08. The van der Waals surface area contributed by atoms with Crippen LogP contribution in [0.4, 0.5) is 9.18 Å². The van der Waals surface area contributed by atoms with Crippen LogP contribution in [0.3, 0.4) is 0 Å². The molecule has 1 heterocycles. The third-order valence-electron chi connectivity index (χ3n) is 10.4. The van der Waals surface area contributed by atoms with E-state index in [0.29, 0.717) is 57.2 Å². The lowest BCUT2D eigenvalue weighted by molar-refractivity contribution is -0.0587. The average Bonchev–Trinajstić information content (AvgIpc) is 3.36. The number of ether oxygens (including phenoxy) is 1. The van der Waals surface area contributed by atoms with Crippen molar-refractivity contribution < 1.29 is 24.1 Å². The number of nitrogens with two attached hydrogens (primary N) is 1. The van der Waals surface area contributed by atoms with Gasteiger partial charge in [0.15, 0.2) is 0 Å². The predicted molar refractivity (Wildman–Crippen MR) is 149 cm³/mol. The van der Waals surface area contributed by atoms with Gasteiger partial charge in [-0.05, 0) is 93.4 Å². The molecule has 0 aromatic heterocycles. The molecular weight excluding hydrogens is 521 g/mol. The Labute approximate surface area is 236 Å². The zero-order valence-electron chi connectivity index (χ0n) is 23.0. The summed E-state index contributed by atoms with van der Waals surface area (Å²) in [4.78, 5) is 14.9. The summed E-state index contributed by atoms with van der Waals surface area (Å²) in [6.45, 7) is 1.61. The molecule has 4 saturated carbocycles. The number of carbonyl (C=O) groups is 1. The third-order valence-corrected chi connectivity index (χ3v) is 10.7. The van der Waals surface area contributed by atoms with Crippen LogP contribution in [0.15, 0.2) is 18.2 Å². The molecule has 5 fully saturated rings. The summed E-state index contributed by atoms with van der Waals surface area (Å²) in [5.74, 6) is 2.03. The summed E-state index contributed by atoms with van der Waals surface area (Å²) in [5, 5.41) is 26.0. The first-order valence-corrected chi connectivity index (χ1v) is 15.2. The van der Waals surface area contributed by atoms with Crippen molar-refractivity contribution >= 4 is 17.6 Å². The van der Waals surface area contributed by atoms with Crippen LogP contribution in [0, 0.1) is 41.3 Å². The summed E-state index contributed by atoms with van der Waals surface area (Å²) < 4.78 is 20.3. The largest absolute Gasteiger partial charge is 0.391 e. The second-order valence-electron chi connectivity index (χ2n) is 12.7. The van der Waals surface area contributed by atoms with Gasteiger partial charge in [0, 0.05) is 50.9 Å². The Morgan fingerprint density at radius 3 is 2.85 bits per heavy atom. The number of likely N-dealkylation sites (tertiary alicyclic amines) is 1. The molecule has 1 aromatic rings. The number of piperidine rings is 1. The first-order chi connectivity index (χ1) is 18.7. The molecule has 39 heavy (non-hydrogen) atoms. The Hall–Kier alpha value is -1.45. The van der Waals surface area contributed by atoms with Gasteiger partial charge in [0.2, 0.25) is 0 Å². The number of rotatable bonds is 11. The lowest BCUT2D eigenvalue weighted by atomic mass is 9.72. The summed E-state index contributed by atoms with van der Waals surface area (Å²) in [7, 11) is 1.63. The second kappa shape index (κ2) is 12.2. The molecule has 1 aromatic carbocycles. The van der Waals surface area contributed by atoms with Crippen molar-refractivity contribution in [1.29, 1.82) is 0 Å². The van der Waals surface area contributed by atoms with E-state index in [0.717, 1.165) is 18.3 Å². The van der Waals surface area contributed by atoms with Gasteiger partial charge in [-0.25, -0.2) is 9.18 Å². The molecule has 5 N–H and O–H groups in total. The fourth-order valence-electron chi connectivity index (χ4n) is 8.63. The van der Waals surface area contributed by atoms with Gasteiger partial charge in [-0.15, -0.1) is 0 Å². The molecule has 5 aliphatic rings. The minimum absolute atomic E-state index is 0.0237. The summed E-state index contributed by atoms with van der Waals surface area (Å²) in [6, 6.07) is 3.95. The van der Waals surface area contributed by atoms with Crippen molar-refractivity contribution in [2.75, 3.05) is 33.4 Å². The highest BCUT2D eigenvalue weighted by atomic mass is 35.5. The number of hydrogen-bond acceptors (Lipinski definition) is 5. The van der Waals surface area contributed by atoms with E-state index in [1.165, 1.54) is 31.7 Å². The normalized spacial score (nSPS) is 32.7. The minimum atomic E-state index is -1.46. The average molecular weight is 566 g/mol. The Bertz CT molecular complexity index is 1010. The number of methoxy groups -OCH3 is 1. The number of aliphatic hydroxyl groups excluding tert-OH is 1. The quantitative estimate of drug-likeness (QED) is 0.300. The van der Waals surface area contributed by atoms with E-state index in [2.05, 4.69) is 5.32 Å². The maximum Gasteiger partial charge on any atom is 0.317 e. The number of amides is 2. The van der Waals surface area contributed by atoms with Crippen LogP contribution < -0.4 is 11.1 Å². The fourth-order valence-corrected chi connectivity index (χ4v) is 8.81. The van der Waals surface area contributed by atoms with E-state index >= 15 is 4.39 Å². The molecule has 0 radical (unpaired) electrons. The number of urea groups is 1. The first-order valence-electron chi connectivity index (χ1n) is 14.8. The van der Waals surface area contributed by atoms with Crippen LogP contribution in [0.1, 0.15) is 63.4 Å². The molecule has 218 valence electrons. The van der Waals surface area contributed by atoms with Gasteiger partial charge in [-0.2, -0.15) is 0 Å². The van der Waals surface area contributed by atoms with Crippen LogP contribution in [0.2, 0.25) is 5.02 Å². The van der Waals surface area contributed by atoms with Gasteiger partial charge >= 0.3 is 6.03 Å². The molecule has 1 aliphatic heterocycles. The molecule has 6 rings (SSSR count). The number of nitrogens with zero attached hydrogens (tertiary/aromatic N) is 1. The van der Waals surface area contributed by atoms with Crippen LogP contribution in [-0.2, 0) is 10.3 Å². The number of nitrogens with one attached hydrogen (secondary N) is 1. The van der Waals surface area contributed by atoms with E-state index < -0.39 is 23.6 Å². The third kappa shape index (κ3) is 5.82. The molecular formula is C30H45ClFN3O4. The van der Waals surface area contributed by atoms with E-state index in [-0.39, 0.29) is 35.0 Å². The summed E-state index contributed by atoms with van der Waals surface area (Å²) in [6.07, 6.45) is 7.45. The second-order valence-corrected chi connectivity index (χ2v) is 13.1. The van der Waals surface area contributed by atoms with Crippen molar-refractivity contribution in [2.24, 2.45) is 41.2 Å². The Balaban J connectivity index is 1.21. The Morgan fingerprint density at radius 1 is 1.28 bits per heavy atom. The van der Waals surface area contributed by atoms with Crippen LogP contribution in [0.25, 0.3) is 0 Å². The van der Waals surface area contributed by atoms with Gasteiger partial charge in [-0.3, -0.25) is 0 Å². The lowest BCUT2D eigenvalue weighted by Crippen LogP contribution is -2.55. The highest BCUT2D eigenvalue weighted by Gasteiger charge is 2.56. The first kappa shape index (κ1) is 29.1. The number of carbonyl (C=O) groups excluding carboxylic acids is 1. The monoisotopic (exact) mass is 565 g/mol. The van der Waals surface area contributed by atoms with Crippen molar-refractivity contribution in [2.45, 2.75) is 75.5 Å². The van der Waals surface area contributed by atoms with Crippen molar-refractivity contribution in [3.8, 4) is 0 Å². The van der Waals surface area contributed by atoms with Crippen molar-refractivity contribution in [1.82, 2.24) is 10.2 Å². The molecule has 2 amide bonds. The van der Waals surface area contributed by atoms with E-state index in [4.69, 9.17) is 22.1 Å². The van der Waals surface area contributed by atoms with Gasteiger partial charge in [0.25, 0.3) is 0 Å². The molecule has 7 nitrogen and oxygen atoms in total. The molecule has 4 bridgehead atoms. The zero-order chi connectivity index (χ0) is 27.7. The van der Waals surface area contributed by atoms with Crippen LogP contribution >= 0.6 is 11.6 Å². The van der Waals surface area contributed by atoms with Crippen molar-refractivity contribution in [3.05, 3.63) is 34.6 Å². The van der Waals surface area contributed by atoms with Gasteiger partial charge in [-0.1, -0.05) is 23.7 Å². The highest BCUT2D eigenvalue weighted by Crippen LogP contribution is 2.62. The number of hydrogen-bond donors (Lipinski definition) is 4. The van der Waals surface area contributed by atoms with Crippen LogP contribution in [-0.4, -0.2) is 66.6 Å². The van der Waals surface area contributed by atoms with Gasteiger partial charge < -0.3 is 30.9 Å².